The van der Waals surface area contributed by atoms with Crippen molar-refractivity contribution >= 4 is 41.0 Å². The van der Waals surface area contributed by atoms with Crippen molar-refractivity contribution in [3.63, 3.8) is 0 Å². The van der Waals surface area contributed by atoms with Crippen LogP contribution in [0.1, 0.15) is 94.2 Å². The van der Waals surface area contributed by atoms with Crippen LogP contribution >= 0.6 is 11.8 Å². The molecule has 3 aromatic carbocycles. The molecule has 3 saturated heterocycles. The van der Waals surface area contributed by atoms with Crippen molar-refractivity contribution in [3.05, 3.63) is 102 Å². The molecule has 6 rings (SSSR count). The van der Waals surface area contributed by atoms with Crippen LogP contribution in [0.2, 0.25) is 0 Å². The van der Waals surface area contributed by atoms with Gasteiger partial charge in [0.2, 0.25) is 17.7 Å². The topological polar surface area (TPSA) is 86.8 Å². The number of amides is 3. The number of piperidine rings is 1. The molecule has 53 heavy (non-hydrogen) atoms. The first kappa shape index (κ1) is 38.8. The van der Waals surface area contributed by atoms with E-state index in [9.17, 15) is 19.2 Å². The highest BCUT2D eigenvalue weighted by molar-refractivity contribution is 7.99. The quantitative estimate of drug-likeness (QED) is 0.180. The molecular formula is C45H57N3O4S. The number of hydrogen-bond donors (Lipinski definition) is 1. The molecule has 6 atom stereocenters. The average Bonchev–Trinajstić information content (AvgIpc) is 3.46. The zero-order chi connectivity index (χ0) is 37.2. The summed E-state index contributed by atoms with van der Waals surface area (Å²) in [6.45, 7) is 4.85. The largest absolute Gasteiger partial charge is 0.344 e. The molecule has 282 valence electrons. The summed E-state index contributed by atoms with van der Waals surface area (Å²) in [5.41, 5.74) is 4.12. The molecule has 0 aliphatic carbocycles. The van der Waals surface area contributed by atoms with Crippen LogP contribution in [-0.4, -0.2) is 58.2 Å². The van der Waals surface area contributed by atoms with E-state index < -0.39 is 12.0 Å². The minimum absolute atomic E-state index is 0.0393. The fraction of sp³-hybridized carbons (Fsp3) is 0.511. The van der Waals surface area contributed by atoms with Gasteiger partial charge in [0.05, 0.1) is 5.37 Å². The van der Waals surface area contributed by atoms with Gasteiger partial charge in [-0.15, -0.1) is 11.8 Å². The fourth-order valence-electron chi connectivity index (χ4n) is 8.70. The van der Waals surface area contributed by atoms with E-state index in [1.165, 1.54) is 0 Å². The lowest BCUT2D eigenvalue weighted by atomic mass is 9.82. The standard InChI is InChI=1S/C45H57N3O4S/c1-3-38-21-14-23-42-48(38)45(52)39(26-28-53-42)46-43(50)36(30-34-18-8-5-9-19-34)25-24-35(29-33-16-6-4-7-17-33)41(49)31-37-20-12-13-27-47(44(37)51)40-22-11-10-15-32(40)2/h4-11,15-19,22,35-39,42H,3,12-14,20-21,23-31H2,1-2H3,(H,46,50)/t35-,36-,37-,38-,39+,42+/m1/s1. The lowest BCUT2D eigenvalue weighted by Gasteiger charge is -2.41. The zero-order valence-corrected chi connectivity index (χ0v) is 32.4. The molecule has 3 heterocycles. The van der Waals surface area contributed by atoms with Crippen molar-refractivity contribution in [1.82, 2.24) is 10.2 Å². The summed E-state index contributed by atoms with van der Waals surface area (Å²) in [4.78, 5) is 60.7. The minimum atomic E-state index is -0.537. The number of ketones is 1. The highest BCUT2D eigenvalue weighted by atomic mass is 32.2. The number of nitrogens with one attached hydrogen (secondary N) is 1. The predicted molar refractivity (Wildman–Crippen MR) is 215 cm³/mol. The van der Waals surface area contributed by atoms with Crippen LogP contribution in [0.3, 0.4) is 0 Å². The SMILES string of the molecule is CC[C@@H]1CCC[C@@H]2SCC[C@H](NC(=O)[C@H](CC[C@H](Cc3ccccc3)C(=O)C[C@H]3CCCCN(c4ccccc4C)C3=O)Cc3ccccc3)C(=O)N12. The van der Waals surface area contributed by atoms with Gasteiger partial charge in [-0.05, 0) is 106 Å². The van der Waals surface area contributed by atoms with Gasteiger partial charge in [0.15, 0.2) is 0 Å². The molecule has 1 N–H and O–H groups in total. The number of carbonyl (C=O) groups is 4. The molecule has 0 saturated carbocycles. The summed E-state index contributed by atoms with van der Waals surface area (Å²) in [6.07, 6.45) is 9.58. The van der Waals surface area contributed by atoms with Crippen molar-refractivity contribution in [2.75, 3.05) is 17.2 Å². The van der Waals surface area contributed by atoms with Crippen LogP contribution < -0.4 is 10.2 Å². The number of carbonyl (C=O) groups excluding carboxylic acids is 4. The number of aryl methyl sites for hydroxylation is 1. The molecule has 3 fully saturated rings. The van der Waals surface area contributed by atoms with E-state index in [-0.39, 0.29) is 53.2 Å². The van der Waals surface area contributed by atoms with Gasteiger partial charge in [0.25, 0.3) is 0 Å². The normalized spacial score (nSPS) is 23.4. The molecule has 3 amide bonds. The molecule has 3 aliphatic rings. The van der Waals surface area contributed by atoms with Crippen molar-refractivity contribution in [1.29, 1.82) is 0 Å². The van der Waals surface area contributed by atoms with Crippen molar-refractivity contribution in [2.45, 2.75) is 115 Å². The van der Waals surface area contributed by atoms with E-state index in [0.29, 0.717) is 45.1 Å². The number of para-hydroxylation sites is 1. The molecule has 8 heteroatoms. The highest BCUT2D eigenvalue weighted by Crippen LogP contribution is 2.36. The van der Waals surface area contributed by atoms with Gasteiger partial charge < -0.3 is 15.1 Å². The highest BCUT2D eigenvalue weighted by Gasteiger charge is 2.40. The molecule has 7 nitrogen and oxygen atoms in total. The van der Waals surface area contributed by atoms with Crippen molar-refractivity contribution in [3.8, 4) is 0 Å². The molecule has 3 aromatic rings. The second-order valence-electron chi connectivity index (χ2n) is 15.4. The van der Waals surface area contributed by atoms with E-state index in [1.54, 1.807) is 0 Å². The van der Waals surface area contributed by atoms with Gasteiger partial charge in [-0.25, -0.2) is 0 Å². The maximum absolute atomic E-state index is 14.4. The molecule has 0 radical (unpaired) electrons. The van der Waals surface area contributed by atoms with Gasteiger partial charge in [-0.3, -0.25) is 19.2 Å². The van der Waals surface area contributed by atoms with Crippen molar-refractivity contribution in [2.24, 2.45) is 17.8 Å². The molecule has 0 bridgehead atoms. The number of Topliss-reactive ketones (excluding diaryl/α,β-unsaturated/α-hetero) is 1. The van der Waals surface area contributed by atoms with E-state index in [4.69, 9.17) is 0 Å². The number of rotatable bonds is 14. The second-order valence-corrected chi connectivity index (χ2v) is 16.7. The minimum Gasteiger partial charge on any atom is -0.344 e. The third kappa shape index (κ3) is 10.00. The number of benzene rings is 3. The van der Waals surface area contributed by atoms with Crippen LogP contribution in [0.25, 0.3) is 0 Å². The van der Waals surface area contributed by atoms with E-state index in [2.05, 4.69) is 29.3 Å². The second kappa shape index (κ2) is 18.9. The van der Waals surface area contributed by atoms with Gasteiger partial charge in [-0.2, -0.15) is 0 Å². The Morgan fingerprint density at radius 1 is 0.774 bits per heavy atom. The maximum Gasteiger partial charge on any atom is 0.246 e. The van der Waals surface area contributed by atoms with E-state index in [1.807, 2.05) is 96.4 Å². The summed E-state index contributed by atoms with van der Waals surface area (Å²) in [5, 5.41) is 3.43. The number of nitrogens with zero attached hydrogens (tertiary/aromatic N) is 2. The third-order valence-electron chi connectivity index (χ3n) is 11.7. The Balaban J connectivity index is 1.19. The average molecular weight is 736 g/mol. The molecule has 0 spiro atoms. The summed E-state index contributed by atoms with van der Waals surface area (Å²) < 4.78 is 0. The number of hydrogen-bond acceptors (Lipinski definition) is 5. The van der Waals surface area contributed by atoms with E-state index in [0.717, 1.165) is 66.7 Å². The Bertz CT molecular complexity index is 1680. The van der Waals surface area contributed by atoms with E-state index >= 15 is 0 Å². The summed E-state index contributed by atoms with van der Waals surface area (Å²) in [7, 11) is 0. The molecular weight excluding hydrogens is 679 g/mol. The number of fused-ring (bicyclic) bond motifs is 1. The maximum atomic E-state index is 14.4. The number of thioether (sulfide) groups is 1. The first-order valence-electron chi connectivity index (χ1n) is 20.0. The summed E-state index contributed by atoms with van der Waals surface area (Å²) >= 11 is 1.86. The molecule has 0 aromatic heterocycles. The lowest BCUT2D eigenvalue weighted by molar-refractivity contribution is -0.141. The Labute approximate surface area is 320 Å². The zero-order valence-electron chi connectivity index (χ0n) is 31.6. The van der Waals surface area contributed by atoms with Gasteiger partial charge in [0.1, 0.15) is 11.8 Å². The summed E-state index contributed by atoms with van der Waals surface area (Å²) in [6, 6.07) is 27.8. The Morgan fingerprint density at radius 3 is 2.13 bits per heavy atom. The summed E-state index contributed by atoms with van der Waals surface area (Å²) in [5.74, 6) is -0.178. The van der Waals surface area contributed by atoms with Crippen LogP contribution in [0.5, 0.6) is 0 Å². The first-order chi connectivity index (χ1) is 25.8. The van der Waals surface area contributed by atoms with Crippen LogP contribution in [0, 0.1) is 24.7 Å². The molecule has 3 aliphatic heterocycles. The lowest BCUT2D eigenvalue weighted by Crippen LogP contribution is -2.55. The van der Waals surface area contributed by atoms with Crippen LogP contribution in [-0.2, 0) is 32.0 Å². The van der Waals surface area contributed by atoms with Crippen LogP contribution in [0.15, 0.2) is 84.9 Å². The van der Waals surface area contributed by atoms with Gasteiger partial charge in [-0.1, -0.05) is 92.2 Å². The molecule has 0 unspecified atom stereocenters. The van der Waals surface area contributed by atoms with Crippen LogP contribution in [0.4, 0.5) is 5.69 Å². The Hall–Kier alpha value is -3.91. The first-order valence-corrected chi connectivity index (χ1v) is 21.1. The predicted octanol–water partition coefficient (Wildman–Crippen LogP) is 8.32. The fourth-order valence-corrected chi connectivity index (χ4v) is 10.1. The monoisotopic (exact) mass is 735 g/mol. The smallest absolute Gasteiger partial charge is 0.246 e. The van der Waals surface area contributed by atoms with Gasteiger partial charge in [0, 0.05) is 42.4 Å². The third-order valence-corrected chi connectivity index (χ3v) is 13.1. The van der Waals surface area contributed by atoms with Crippen molar-refractivity contribution < 1.29 is 19.2 Å². The number of anilines is 1. The Kier molecular flexibility index (Phi) is 13.8. The Morgan fingerprint density at radius 2 is 1.43 bits per heavy atom. The van der Waals surface area contributed by atoms with Gasteiger partial charge >= 0.3 is 0 Å².